The molecule has 5 aromatic carbocycles. The first-order valence-electron chi connectivity index (χ1n) is 13.9. The van der Waals surface area contributed by atoms with Gasteiger partial charge in [0, 0.05) is 9.49 Å². The van der Waals surface area contributed by atoms with Gasteiger partial charge < -0.3 is 0 Å². The second kappa shape index (κ2) is 9.64. The molecule has 0 aliphatic heterocycles. The Hall–Kier alpha value is -3.43. The molecule has 0 nitrogen and oxygen atoms in total. The van der Waals surface area contributed by atoms with Gasteiger partial charge in [-0.3, -0.25) is 0 Å². The van der Waals surface area contributed by atoms with Crippen molar-refractivity contribution in [2.45, 2.75) is 33.1 Å². The molecule has 0 heterocycles. The molecule has 190 valence electrons. The summed E-state index contributed by atoms with van der Waals surface area (Å²) in [5.74, 6) is 0.373. The molecule has 0 fully saturated rings. The molecule has 0 radical (unpaired) electrons. The second-order valence-corrected chi connectivity index (χ2v) is 12.3. The molecule has 1 unspecified atom stereocenters. The minimum absolute atomic E-state index is 0.373. The molecule has 5 aromatic rings. The number of aryl methyl sites for hydroxylation is 2. The normalized spacial score (nSPS) is 17.8. The lowest BCUT2D eigenvalue weighted by Gasteiger charge is -2.28. The Morgan fingerprint density at radius 1 is 0.821 bits per heavy atom. The fourth-order valence-corrected chi connectivity index (χ4v) is 7.44. The molecule has 0 spiro atoms. The van der Waals surface area contributed by atoms with E-state index in [-0.39, 0.29) is 0 Å². The Morgan fingerprint density at radius 3 is 2.33 bits per heavy atom. The van der Waals surface area contributed by atoms with Crippen LogP contribution in [0.3, 0.4) is 0 Å². The van der Waals surface area contributed by atoms with Crippen LogP contribution in [0.5, 0.6) is 0 Å². The zero-order valence-corrected chi connectivity index (χ0v) is 24.7. The maximum atomic E-state index is 4.43. The van der Waals surface area contributed by atoms with Crippen LogP contribution >= 0.6 is 22.6 Å². The van der Waals surface area contributed by atoms with Gasteiger partial charge in [-0.05, 0) is 156 Å². The number of rotatable bonds is 2. The Kier molecular flexibility index (Phi) is 6.08. The molecule has 0 aromatic heterocycles. The monoisotopic (exact) mass is 614 g/mol. The number of benzene rings is 5. The molecule has 0 saturated heterocycles. The summed E-state index contributed by atoms with van der Waals surface area (Å²) in [6, 6.07) is 27.0. The molecular weight excluding hydrogens is 583 g/mol. The zero-order valence-electron chi connectivity index (χ0n) is 22.5. The third-order valence-corrected chi connectivity index (χ3v) is 9.62. The number of hydrogen-bond acceptors (Lipinski definition) is 0. The van der Waals surface area contributed by atoms with Gasteiger partial charge in [0.05, 0.1) is 0 Å². The van der Waals surface area contributed by atoms with Gasteiger partial charge in [0.25, 0.3) is 0 Å². The van der Waals surface area contributed by atoms with Gasteiger partial charge >= 0.3 is 0 Å². The summed E-state index contributed by atoms with van der Waals surface area (Å²) in [5, 5.41) is 10.4. The Balaban J connectivity index is 1.37. The SMILES string of the molecule is C=c1cc(C)c2ccccc2/c1=C/C1=CC(C2=CCCc3c2cc(I)c2cc4ccccc4cc32)CC=C1C. The van der Waals surface area contributed by atoms with Crippen LogP contribution in [0, 0.1) is 16.4 Å². The quantitative estimate of drug-likeness (QED) is 0.137. The van der Waals surface area contributed by atoms with Crippen LogP contribution in [-0.2, 0) is 6.42 Å². The van der Waals surface area contributed by atoms with E-state index in [9.17, 15) is 0 Å². The Bertz CT molecular complexity index is 2030. The van der Waals surface area contributed by atoms with E-state index in [2.05, 4.69) is 140 Å². The summed E-state index contributed by atoms with van der Waals surface area (Å²) in [6.07, 6.45) is 13.1. The maximum Gasteiger partial charge on any atom is 0.0215 e. The van der Waals surface area contributed by atoms with Crippen molar-refractivity contribution in [3.63, 3.8) is 0 Å². The molecule has 0 saturated carbocycles. The van der Waals surface area contributed by atoms with E-state index in [0.717, 1.165) is 24.5 Å². The molecule has 0 amide bonds. The van der Waals surface area contributed by atoms with Crippen LogP contribution in [0.15, 0.2) is 102 Å². The van der Waals surface area contributed by atoms with Crippen molar-refractivity contribution in [1.82, 2.24) is 0 Å². The number of allylic oxidation sites excluding steroid dienone is 6. The van der Waals surface area contributed by atoms with E-state index < -0.39 is 0 Å². The van der Waals surface area contributed by atoms with Gasteiger partial charge in [-0.15, -0.1) is 0 Å². The first-order chi connectivity index (χ1) is 19.0. The largest absolute Gasteiger partial charge is 0.0911 e. The third-order valence-electron chi connectivity index (χ3n) is 8.73. The number of fused-ring (bicyclic) bond motifs is 5. The van der Waals surface area contributed by atoms with Crippen molar-refractivity contribution < 1.29 is 0 Å². The molecule has 2 aliphatic rings. The average Bonchev–Trinajstić information content (AvgIpc) is 2.95. The molecule has 7 rings (SSSR count). The van der Waals surface area contributed by atoms with Crippen molar-refractivity contribution in [2.75, 3.05) is 0 Å². The number of halogens is 1. The number of hydrogen-bond donors (Lipinski definition) is 0. The standard InChI is InChI=1S/C38H31I/c1-23-15-16-28(18-29(23)21-34-25(3)17-24(2)30-11-6-7-12-32(30)34)31-13-8-14-33-35-19-26-9-4-5-10-27(26)20-37(35)38(39)22-36(31)33/h4-7,9-13,15,17-22,28H,3,8,14,16H2,1-2H3/b34-21+. The van der Waals surface area contributed by atoms with Crippen molar-refractivity contribution in [3.8, 4) is 0 Å². The minimum Gasteiger partial charge on any atom is -0.0911 e. The highest BCUT2D eigenvalue weighted by atomic mass is 127. The van der Waals surface area contributed by atoms with Crippen LogP contribution in [-0.4, -0.2) is 0 Å². The molecule has 39 heavy (non-hydrogen) atoms. The molecule has 1 heteroatoms. The van der Waals surface area contributed by atoms with Gasteiger partial charge in [0.15, 0.2) is 0 Å². The van der Waals surface area contributed by atoms with Crippen molar-refractivity contribution in [3.05, 3.63) is 133 Å². The van der Waals surface area contributed by atoms with Crippen molar-refractivity contribution in [2.24, 2.45) is 5.92 Å². The van der Waals surface area contributed by atoms with Crippen LogP contribution in [0.25, 0.3) is 50.5 Å². The fraction of sp³-hybridized carbons (Fsp3) is 0.158. The lowest BCUT2D eigenvalue weighted by Crippen LogP contribution is -2.25. The smallest absolute Gasteiger partial charge is 0.0215 e. The van der Waals surface area contributed by atoms with E-state index in [0.29, 0.717) is 5.92 Å². The van der Waals surface area contributed by atoms with E-state index >= 15 is 0 Å². The van der Waals surface area contributed by atoms with Gasteiger partial charge in [-0.1, -0.05) is 79.4 Å². The minimum atomic E-state index is 0.373. The van der Waals surface area contributed by atoms with Gasteiger partial charge in [0.1, 0.15) is 0 Å². The van der Waals surface area contributed by atoms with Gasteiger partial charge in [-0.25, -0.2) is 0 Å². The predicted molar refractivity (Wildman–Crippen MR) is 178 cm³/mol. The van der Waals surface area contributed by atoms with E-state index in [1.807, 2.05) is 0 Å². The molecular formula is C38H31I. The highest BCUT2D eigenvalue weighted by Gasteiger charge is 2.24. The zero-order chi connectivity index (χ0) is 26.7. The lowest BCUT2D eigenvalue weighted by atomic mass is 9.77. The van der Waals surface area contributed by atoms with E-state index in [1.54, 1.807) is 0 Å². The molecule has 0 bridgehead atoms. The summed E-state index contributed by atoms with van der Waals surface area (Å²) < 4.78 is 1.34. The van der Waals surface area contributed by atoms with Gasteiger partial charge in [0.2, 0.25) is 0 Å². The average molecular weight is 615 g/mol. The van der Waals surface area contributed by atoms with E-state index in [4.69, 9.17) is 0 Å². The highest BCUT2D eigenvalue weighted by Crippen LogP contribution is 2.42. The summed E-state index contributed by atoms with van der Waals surface area (Å²) in [7, 11) is 0. The van der Waals surface area contributed by atoms with Gasteiger partial charge in [-0.2, -0.15) is 0 Å². The molecule has 0 N–H and O–H groups in total. The van der Waals surface area contributed by atoms with Crippen LogP contribution in [0.1, 0.15) is 36.5 Å². The first-order valence-corrected chi connectivity index (χ1v) is 15.0. The van der Waals surface area contributed by atoms with E-state index in [1.165, 1.54) is 74.5 Å². The van der Waals surface area contributed by atoms with Crippen molar-refractivity contribution >= 4 is 73.1 Å². The fourth-order valence-electron chi connectivity index (χ4n) is 6.68. The molecule has 1 atom stereocenters. The van der Waals surface area contributed by atoms with Crippen molar-refractivity contribution in [1.29, 1.82) is 0 Å². The highest BCUT2D eigenvalue weighted by molar-refractivity contribution is 14.1. The maximum absolute atomic E-state index is 4.43. The van der Waals surface area contributed by atoms with Crippen LogP contribution < -0.4 is 10.4 Å². The summed E-state index contributed by atoms with van der Waals surface area (Å²) >= 11 is 2.55. The third kappa shape index (κ3) is 4.19. The van der Waals surface area contributed by atoms with Crippen LogP contribution in [0.2, 0.25) is 0 Å². The first kappa shape index (κ1) is 24.6. The Labute approximate surface area is 243 Å². The summed E-state index contributed by atoms with van der Waals surface area (Å²) in [4.78, 5) is 0. The van der Waals surface area contributed by atoms with Crippen LogP contribution in [0.4, 0.5) is 0 Å². The topological polar surface area (TPSA) is 0 Å². The second-order valence-electron chi connectivity index (χ2n) is 11.1. The summed E-state index contributed by atoms with van der Waals surface area (Å²) in [6.45, 7) is 8.87. The molecule has 2 aliphatic carbocycles. The Morgan fingerprint density at radius 2 is 1.54 bits per heavy atom. The predicted octanol–water partition coefficient (Wildman–Crippen LogP) is 9.17. The summed E-state index contributed by atoms with van der Waals surface area (Å²) in [5.41, 5.74) is 8.41. The lowest BCUT2D eigenvalue weighted by molar-refractivity contribution is 0.811.